The van der Waals surface area contributed by atoms with Gasteiger partial charge in [0.05, 0.1) is 17.6 Å². The maximum Gasteiger partial charge on any atom is 0.206 e. The van der Waals surface area contributed by atoms with Crippen molar-refractivity contribution in [2.75, 3.05) is 0 Å². The van der Waals surface area contributed by atoms with Crippen molar-refractivity contribution in [2.45, 2.75) is 52.5 Å². The van der Waals surface area contributed by atoms with Gasteiger partial charge in [0, 0.05) is 16.9 Å². The highest BCUT2D eigenvalue weighted by atomic mass is 32.1. The number of aryl methyl sites for hydroxylation is 1. The highest BCUT2D eigenvalue weighted by molar-refractivity contribution is 7.19. The predicted octanol–water partition coefficient (Wildman–Crippen LogP) is 2.76. The lowest BCUT2D eigenvalue weighted by molar-refractivity contribution is -0.687. The molecule has 4 heterocycles. The summed E-state index contributed by atoms with van der Waals surface area (Å²) in [6.07, 6.45) is 0.880. The van der Waals surface area contributed by atoms with Crippen molar-refractivity contribution in [3.05, 3.63) is 58.0 Å². The van der Waals surface area contributed by atoms with Crippen LogP contribution in [0.4, 0.5) is 0 Å². The lowest BCUT2D eigenvalue weighted by Crippen LogP contribution is -2.81. The smallest absolute Gasteiger partial charge is 0.206 e. The molecule has 0 bridgehead atoms. The summed E-state index contributed by atoms with van der Waals surface area (Å²) in [5, 5.41) is 8.14. The maximum atomic E-state index is 6.00. The van der Waals surface area contributed by atoms with Crippen molar-refractivity contribution in [1.82, 2.24) is 19.6 Å². The van der Waals surface area contributed by atoms with Gasteiger partial charge < -0.3 is 10.1 Å². The van der Waals surface area contributed by atoms with Gasteiger partial charge in [0.1, 0.15) is 23.7 Å². The predicted molar refractivity (Wildman–Crippen MR) is 109 cm³/mol. The molecule has 0 unspecified atom stereocenters. The number of nitrogens with zero attached hydrogens (tertiary/aromatic N) is 4. The van der Waals surface area contributed by atoms with E-state index in [-0.39, 0.29) is 5.60 Å². The van der Waals surface area contributed by atoms with Crippen molar-refractivity contribution < 1.29 is 10.1 Å². The number of quaternary nitrogens is 1. The van der Waals surface area contributed by atoms with E-state index in [1.807, 2.05) is 17.5 Å². The van der Waals surface area contributed by atoms with E-state index in [2.05, 4.69) is 43.4 Å². The Hall–Kier alpha value is -2.35. The number of hydrogen-bond donors (Lipinski definition) is 1. The van der Waals surface area contributed by atoms with Crippen molar-refractivity contribution in [3.8, 4) is 0 Å². The molecule has 0 aliphatic carbocycles. The van der Waals surface area contributed by atoms with E-state index in [0.29, 0.717) is 6.61 Å². The fourth-order valence-electron chi connectivity index (χ4n) is 3.85. The third-order valence-electron chi connectivity index (χ3n) is 5.26. The lowest BCUT2D eigenvalue weighted by atomic mass is 9.94. The van der Waals surface area contributed by atoms with Gasteiger partial charge in [-0.05, 0) is 26.3 Å². The largest absolute Gasteiger partial charge is 0.370 e. The van der Waals surface area contributed by atoms with Gasteiger partial charge in [-0.3, -0.25) is 0 Å². The van der Waals surface area contributed by atoms with Crippen LogP contribution < -0.4 is 5.32 Å². The second kappa shape index (κ2) is 6.62. The van der Waals surface area contributed by atoms with Crippen molar-refractivity contribution in [2.24, 2.45) is 0 Å². The van der Waals surface area contributed by atoms with Crippen LogP contribution in [0.25, 0.3) is 15.9 Å². The molecule has 1 aromatic carbocycles. The zero-order valence-electron chi connectivity index (χ0n) is 16.4. The number of aromatic nitrogens is 4. The first-order valence-electron chi connectivity index (χ1n) is 9.66. The molecule has 6 nitrogen and oxygen atoms in total. The van der Waals surface area contributed by atoms with Crippen LogP contribution in [-0.2, 0) is 30.9 Å². The molecule has 0 saturated carbocycles. The van der Waals surface area contributed by atoms with E-state index in [4.69, 9.17) is 19.8 Å². The Bertz CT molecular complexity index is 1160. The Morgan fingerprint density at radius 2 is 2.00 bits per heavy atom. The number of hydrogen-bond acceptors (Lipinski definition) is 5. The number of thiophene rings is 1. The minimum absolute atomic E-state index is 0.158. The van der Waals surface area contributed by atoms with Gasteiger partial charge in [-0.15, -0.1) is 16.4 Å². The molecule has 1 aliphatic heterocycles. The van der Waals surface area contributed by atoms with Gasteiger partial charge >= 0.3 is 0 Å². The molecular formula is C21H24N5OS+. The van der Waals surface area contributed by atoms with Crippen LogP contribution >= 0.6 is 11.3 Å². The van der Waals surface area contributed by atoms with Gasteiger partial charge in [-0.25, -0.2) is 9.97 Å². The van der Waals surface area contributed by atoms with Crippen LogP contribution in [0, 0.1) is 6.92 Å². The van der Waals surface area contributed by atoms with Crippen LogP contribution in [0.5, 0.6) is 0 Å². The lowest BCUT2D eigenvalue weighted by Gasteiger charge is -2.30. The summed E-state index contributed by atoms with van der Waals surface area (Å²) >= 11 is 1.73. The Morgan fingerprint density at radius 1 is 1.18 bits per heavy atom. The topological polar surface area (TPSA) is 68.9 Å². The minimum atomic E-state index is -0.158. The van der Waals surface area contributed by atoms with Crippen LogP contribution in [0.2, 0.25) is 0 Å². The molecule has 0 fully saturated rings. The Morgan fingerprint density at radius 3 is 2.82 bits per heavy atom. The SMILES string of the molecule is Cc1nc2sc3c(c2c2nc(C[NH2+]Cc4ccccc4)nn12)CC(C)(C)OC3. The monoisotopic (exact) mass is 394 g/mol. The third kappa shape index (κ3) is 3.09. The number of benzene rings is 1. The zero-order chi connectivity index (χ0) is 19.3. The molecular weight excluding hydrogens is 370 g/mol. The maximum absolute atomic E-state index is 6.00. The molecule has 0 saturated heterocycles. The molecule has 4 aromatic rings. The zero-order valence-corrected chi connectivity index (χ0v) is 17.2. The van der Waals surface area contributed by atoms with Gasteiger partial charge in [0.25, 0.3) is 0 Å². The van der Waals surface area contributed by atoms with Gasteiger partial charge in [0.2, 0.25) is 5.82 Å². The first-order valence-corrected chi connectivity index (χ1v) is 10.5. The molecule has 1 aliphatic rings. The molecule has 0 radical (unpaired) electrons. The number of rotatable bonds is 4. The average molecular weight is 395 g/mol. The van der Waals surface area contributed by atoms with E-state index < -0.39 is 0 Å². The quantitative estimate of drug-likeness (QED) is 0.578. The fourth-order valence-corrected chi connectivity index (χ4v) is 5.00. The number of fused-ring (bicyclic) bond motifs is 5. The molecule has 144 valence electrons. The highest BCUT2D eigenvalue weighted by Gasteiger charge is 2.31. The number of ether oxygens (including phenoxy) is 1. The van der Waals surface area contributed by atoms with Gasteiger partial charge in [0.15, 0.2) is 5.65 Å². The van der Waals surface area contributed by atoms with Gasteiger partial charge in [-0.2, -0.15) is 4.52 Å². The Balaban J connectivity index is 1.51. The molecule has 5 rings (SSSR count). The van der Waals surface area contributed by atoms with E-state index in [1.165, 1.54) is 16.0 Å². The average Bonchev–Trinajstić information content (AvgIpc) is 3.23. The van der Waals surface area contributed by atoms with E-state index in [9.17, 15) is 0 Å². The van der Waals surface area contributed by atoms with Crippen LogP contribution in [0.15, 0.2) is 30.3 Å². The third-order valence-corrected chi connectivity index (χ3v) is 6.36. The van der Waals surface area contributed by atoms with E-state index in [1.54, 1.807) is 11.3 Å². The molecule has 7 heteroatoms. The van der Waals surface area contributed by atoms with Gasteiger partial charge in [-0.1, -0.05) is 30.3 Å². The van der Waals surface area contributed by atoms with Crippen molar-refractivity contribution >= 4 is 27.2 Å². The summed E-state index contributed by atoms with van der Waals surface area (Å²) in [4.78, 5) is 12.0. The highest BCUT2D eigenvalue weighted by Crippen LogP contribution is 2.39. The summed E-state index contributed by atoms with van der Waals surface area (Å²) in [7, 11) is 0. The molecule has 0 amide bonds. The van der Waals surface area contributed by atoms with Crippen molar-refractivity contribution in [3.63, 3.8) is 0 Å². The summed E-state index contributed by atoms with van der Waals surface area (Å²) < 4.78 is 7.91. The molecule has 0 spiro atoms. The normalized spacial score (nSPS) is 16.0. The second-order valence-electron chi connectivity index (χ2n) is 8.01. The summed E-state index contributed by atoms with van der Waals surface area (Å²) in [5.41, 5.74) is 3.41. The summed E-state index contributed by atoms with van der Waals surface area (Å²) in [6.45, 7) is 8.61. The number of nitrogens with two attached hydrogens (primary N) is 1. The van der Waals surface area contributed by atoms with E-state index in [0.717, 1.165) is 47.0 Å². The Kier molecular flexibility index (Phi) is 4.19. The Labute approximate surface area is 167 Å². The van der Waals surface area contributed by atoms with E-state index >= 15 is 0 Å². The summed E-state index contributed by atoms with van der Waals surface area (Å²) in [6, 6.07) is 10.5. The van der Waals surface area contributed by atoms with Crippen LogP contribution in [0.1, 0.15) is 41.5 Å². The molecule has 3 aromatic heterocycles. The molecule has 0 atom stereocenters. The second-order valence-corrected chi connectivity index (χ2v) is 9.10. The molecule has 2 N–H and O–H groups in total. The first kappa shape index (κ1) is 17.7. The fraction of sp³-hybridized carbons (Fsp3) is 0.381. The minimum Gasteiger partial charge on any atom is -0.370 e. The van der Waals surface area contributed by atoms with Crippen LogP contribution in [0.3, 0.4) is 0 Å². The first-order chi connectivity index (χ1) is 13.5. The molecule has 28 heavy (non-hydrogen) atoms. The van der Waals surface area contributed by atoms with Crippen molar-refractivity contribution in [1.29, 1.82) is 0 Å². The van der Waals surface area contributed by atoms with Crippen LogP contribution in [-0.4, -0.2) is 25.2 Å². The summed E-state index contributed by atoms with van der Waals surface area (Å²) in [5.74, 6) is 1.72. The standard InChI is InChI=1S/C21H23N5OS/c1-13-23-20-18(15-9-21(2,3)27-12-16(15)28-20)19-24-17(25-26(13)19)11-22-10-14-7-5-4-6-8-14/h4-8,22H,9-12H2,1-3H3/p+1.